The number of rotatable bonds is 3. The molecular weight excluding hydrogens is 238 g/mol. The Bertz CT molecular complexity index is 427. The second-order valence-electron chi connectivity index (χ2n) is 4.81. The van der Waals surface area contributed by atoms with Gasteiger partial charge >= 0.3 is 0 Å². The number of aryl methyl sites for hydroxylation is 1. The first-order valence-corrected chi connectivity index (χ1v) is 5.88. The molecule has 1 atom stereocenters. The molecule has 0 fully saturated rings. The molecule has 2 N–H and O–H groups in total. The fourth-order valence-electron chi connectivity index (χ4n) is 1.30. The molecule has 17 heavy (non-hydrogen) atoms. The van der Waals surface area contributed by atoms with Gasteiger partial charge < -0.3 is 10.4 Å². The van der Waals surface area contributed by atoms with E-state index in [0.29, 0.717) is 10.6 Å². The molecule has 1 aromatic carbocycles. The minimum atomic E-state index is -0.675. The second-order valence-corrected chi connectivity index (χ2v) is 5.25. The van der Waals surface area contributed by atoms with E-state index in [1.807, 2.05) is 6.92 Å². The van der Waals surface area contributed by atoms with Crippen LogP contribution in [0.25, 0.3) is 0 Å². The number of aliphatic hydroxyl groups is 1. The van der Waals surface area contributed by atoms with Gasteiger partial charge in [-0.1, -0.05) is 17.7 Å². The number of benzene rings is 1. The van der Waals surface area contributed by atoms with E-state index < -0.39 is 11.6 Å². The summed E-state index contributed by atoms with van der Waals surface area (Å²) in [6.45, 7) is 7.04. The number of hydrogen-bond donors (Lipinski definition) is 2. The van der Waals surface area contributed by atoms with Crippen LogP contribution in [0.2, 0.25) is 5.02 Å². The summed E-state index contributed by atoms with van der Waals surface area (Å²) < 4.78 is 0. The van der Waals surface area contributed by atoms with Crippen molar-refractivity contribution in [1.29, 1.82) is 0 Å². The summed E-state index contributed by atoms with van der Waals surface area (Å²) in [5, 5.41) is 12.9. The molecule has 0 aromatic heterocycles. The highest BCUT2D eigenvalue weighted by Gasteiger charge is 2.26. The summed E-state index contributed by atoms with van der Waals surface area (Å²) in [7, 11) is 0. The minimum Gasteiger partial charge on any atom is -0.391 e. The maximum absolute atomic E-state index is 12.1. The van der Waals surface area contributed by atoms with Gasteiger partial charge in [0, 0.05) is 10.6 Å². The van der Waals surface area contributed by atoms with Gasteiger partial charge in [-0.3, -0.25) is 4.79 Å². The molecule has 0 radical (unpaired) electrons. The monoisotopic (exact) mass is 255 g/mol. The molecular formula is C13H18ClNO2. The van der Waals surface area contributed by atoms with Crippen LogP contribution in [0, 0.1) is 6.92 Å². The van der Waals surface area contributed by atoms with Crippen LogP contribution in [0.3, 0.4) is 0 Å². The third-order valence-corrected chi connectivity index (χ3v) is 3.16. The Morgan fingerprint density at radius 2 is 2.06 bits per heavy atom. The van der Waals surface area contributed by atoms with Gasteiger partial charge in [-0.25, -0.2) is 0 Å². The predicted molar refractivity (Wildman–Crippen MR) is 69.4 cm³/mol. The topological polar surface area (TPSA) is 49.3 Å². The van der Waals surface area contributed by atoms with E-state index in [1.165, 1.54) is 0 Å². The van der Waals surface area contributed by atoms with Crippen LogP contribution in [0.4, 0.5) is 0 Å². The summed E-state index contributed by atoms with van der Waals surface area (Å²) in [5.41, 5.74) is 0.714. The summed E-state index contributed by atoms with van der Waals surface area (Å²) in [6, 6.07) is 5.17. The van der Waals surface area contributed by atoms with Crippen LogP contribution >= 0.6 is 11.6 Å². The Morgan fingerprint density at radius 3 is 2.59 bits per heavy atom. The van der Waals surface area contributed by atoms with Gasteiger partial charge in [-0.05, 0) is 45.4 Å². The second kappa shape index (κ2) is 5.07. The molecule has 0 aliphatic carbocycles. The minimum absolute atomic E-state index is 0.226. The summed E-state index contributed by atoms with van der Waals surface area (Å²) in [5.74, 6) is -0.226. The molecule has 1 aromatic rings. The van der Waals surface area contributed by atoms with Gasteiger partial charge in [0.15, 0.2) is 0 Å². The zero-order valence-corrected chi connectivity index (χ0v) is 11.3. The Kier molecular flexibility index (Phi) is 4.17. The fourth-order valence-corrected chi connectivity index (χ4v) is 1.48. The van der Waals surface area contributed by atoms with E-state index in [-0.39, 0.29) is 5.91 Å². The molecule has 0 saturated heterocycles. The van der Waals surface area contributed by atoms with Gasteiger partial charge in [0.05, 0.1) is 11.6 Å². The van der Waals surface area contributed by atoms with E-state index in [9.17, 15) is 9.90 Å². The zero-order chi connectivity index (χ0) is 13.2. The van der Waals surface area contributed by atoms with Crippen LogP contribution in [0.1, 0.15) is 36.7 Å². The van der Waals surface area contributed by atoms with Crippen LogP contribution in [-0.2, 0) is 0 Å². The highest BCUT2D eigenvalue weighted by Crippen LogP contribution is 2.17. The number of carbonyl (C=O) groups excluding carboxylic acids is 1. The maximum Gasteiger partial charge on any atom is 0.252 e. The largest absolute Gasteiger partial charge is 0.391 e. The van der Waals surface area contributed by atoms with Crippen LogP contribution in [-0.4, -0.2) is 22.7 Å². The van der Waals surface area contributed by atoms with Crippen LogP contribution in [0.5, 0.6) is 0 Å². The number of aliphatic hydroxyl groups excluding tert-OH is 1. The summed E-state index contributed by atoms with van der Waals surface area (Å²) in [6.07, 6.45) is -0.633. The fraction of sp³-hybridized carbons (Fsp3) is 0.462. The molecule has 0 saturated carbocycles. The van der Waals surface area contributed by atoms with Gasteiger partial charge in [0.25, 0.3) is 5.91 Å². The average molecular weight is 256 g/mol. The molecule has 0 bridgehead atoms. The Balaban J connectivity index is 2.94. The van der Waals surface area contributed by atoms with E-state index in [2.05, 4.69) is 5.32 Å². The first-order valence-electron chi connectivity index (χ1n) is 5.51. The number of halogens is 1. The Hall–Kier alpha value is -1.06. The highest BCUT2D eigenvalue weighted by molar-refractivity contribution is 6.31. The van der Waals surface area contributed by atoms with Crippen molar-refractivity contribution in [1.82, 2.24) is 5.32 Å². The van der Waals surface area contributed by atoms with Crippen molar-refractivity contribution >= 4 is 17.5 Å². The molecule has 3 nitrogen and oxygen atoms in total. The van der Waals surface area contributed by atoms with E-state index in [4.69, 9.17) is 11.6 Å². The van der Waals surface area contributed by atoms with Gasteiger partial charge in [-0.15, -0.1) is 0 Å². The highest BCUT2D eigenvalue weighted by atomic mass is 35.5. The molecule has 0 spiro atoms. The molecule has 4 heteroatoms. The third-order valence-electron chi connectivity index (χ3n) is 2.92. The smallest absolute Gasteiger partial charge is 0.252 e. The number of amides is 1. The molecule has 1 rings (SSSR count). The standard InChI is InChI=1S/C13H18ClNO2/c1-8-5-6-10(14)7-11(8)12(17)15-13(3,4)9(2)16/h5-7,9,16H,1-4H3,(H,15,17). The van der Waals surface area contributed by atoms with Gasteiger partial charge in [-0.2, -0.15) is 0 Å². The first-order chi connectivity index (χ1) is 7.74. The van der Waals surface area contributed by atoms with Crippen molar-refractivity contribution in [2.75, 3.05) is 0 Å². The lowest BCUT2D eigenvalue weighted by molar-refractivity contribution is 0.0709. The summed E-state index contributed by atoms with van der Waals surface area (Å²) in [4.78, 5) is 12.1. The number of nitrogens with one attached hydrogen (secondary N) is 1. The quantitative estimate of drug-likeness (QED) is 0.872. The van der Waals surface area contributed by atoms with Gasteiger partial charge in [0.2, 0.25) is 0 Å². The van der Waals surface area contributed by atoms with Crippen molar-refractivity contribution in [3.05, 3.63) is 34.3 Å². The van der Waals surface area contributed by atoms with E-state index in [1.54, 1.807) is 39.0 Å². The van der Waals surface area contributed by atoms with Gasteiger partial charge in [0.1, 0.15) is 0 Å². The molecule has 0 aliphatic heterocycles. The maximum atomic E-state index is 12.1. The lowest BCUT2D eigenvalue weighted by Gasteiger charge is -2.29. The van der Waals surface area contributed by atoms with E-state index in [0.717, 1.165) is 5.56 Å². The average Bonchev–Trinajstić information content (AvgIpc) is 2.20. The molecule has 0 heterocycles. The summed E-state index contributed by atoms with van der Waals surface area (Å²) >= 11 is 5.87. The lowest BCUT2D eigenvalue weighted by atomic mass is 9.97. The lowest BCUT2D eigenvalue weighted by Crippen LogP contribution is -2.51. The number of carbonyl (C=O) groups is 1. The SMILES string of the molecule is Cc1ccc(Cl)cc1C(=O)NC(C)(C)C(C)O. The molecule has 0 aliphatic rings. The molecule has 1 unspecified atom stereocenters. The van der Waals surface area contributed by atoms with Crippen LogP contribution in [0.15, 0.2) is 18.2 Å². The van der Waals surface area contributed by atoms with Crippen molar-refractivity contribution in [3.63, 3.8) is 0 Å². The first kappa shape index (κ1) is 14.0. The van der Waals surface area contributed by atoms with E-state index >= 15 is 0 Å². The molecule has 94 valence electrons. The zero-order valence-electron chi connectivity index (χ0n) is 10.5. The van der Waals surface area contributed by atoms with Crippen molar-refractivity contribution in [3.8, 4) is 0 Å². The van der Waals surface area contributed by atoms with Crippen molar-refractivity contribution < 1.29 is 9.90 Å². The third kappa shape index (κ3) is 3.45. The normalized spacial score (nSPS) is 13.3. The van der Waals surface area contributed by atoms with Crippen LogP contribution < -0.4 is 5.32 Å². The molecule has 1 amide bonds. The number of hydrogen-bond acceptors (Lipinski definition) is 2. The Morgan fingerprint density at radius 1 is 1.47 bits per heavy atom. The van der Waals surface area contributed by atoms with Crippen molar-refractivity contribution in [2.45, 2.75) is 39.3 Å². The van der Waals surface area contributed by atoms with Crippen molar-refractivity contribution in [2.24, 2.45) is 0 Å². The Labute approximate surface area is 107 Å². The predicted octanol–water partition coefficient (Wildman–Crippen LogP) is 2.54.